The molecule has 1 N–H and O–H groups in total. The highest BCUT2D eigenvalue weighted by Crippen LogP contribution is 2.21. The highest BCUT2D eigenvalue weighted by molar-refractivity contribution is 5.60. The van der Waals surface area contributed by atoms with E-state index in [2.05, 4.69) is 25.4 Å². The molecule has 6 heteroatoms. The Labute approximate surface area is 122 Å². The molecule has 0 fully saturated rings. The van der Waals surface area contributed by atoms with Crippen LogP contribution >= 0.6 is 0 Å². The Balaban J connectivity index is 1.97. The molecule has 6 nitrogen and oxygen atoms in total. The second kappa shape index (κ2) is 5.32. The first-order chi connectivity index (χ1) is 10.1. The molecular formula is C15H16N6. The molecule has 0 saturated heterocycles. The first-order valence-electron chi connectivity index (χ1n) is 6.66. The summed E-state index contributed by atoms with van der Waals surface area (Å²) in [5, 5.41) is 7.50. The Morgan fingerprint density at radius 3 is 2.67 bits per heavy atom. The molecule has 0 spiro atoms. The van der Waals surface area contributed by atoms with Gasteiger partial charge in [-0.2, -0.15) is 5.10 Å². The minimum atomic E-state index is 0.611. The predicted octanol–water partition coefficient (Wildman–Crippen LogP) is 2.63. The third kappa shape index (κ3) is 2.74. The summed E-state index contributed by atoms with van der Waals surface area (Å²) in [6.07, 6.45) is 3.52. The molecule has 0 aliphatic heterocycles. The van der Waals surface area contributed by atoms with Crippen LogP contribution in [0.4, 0.5) is 11.5 Å². The summed E-state index contributed by atoms with van der Waals surface area (Å²) in [7, 11) is 1.91. The average molecular weight is 280 g/mol. The predicted molar refractivity (Wildman–Crippen MR) is 81.2 cm³/mol. The summed E-state index contributed by atoms with van der Waals surface area (Å²) in [6, 6.07) is 7.59. The Kier molecular flexibility index (Phi) is 3.35. The van der Waals surface area contributed by atoms with Crippen LogP contribution < -0.4 is 5.32 Å². The number of anilines is 2. The van der Waals surface area contributed by atoms with Gasteiger partial charge in [0, 0.05) is 25.0 Å². The molecule has 3 rings (SSSR count). The largest absolute Gasteiger partial charge is 0.337 e. The van der Waals surface area contributed by atoms with E-state index in [4.69, 9.17) is 0 Å². The second-order valence-corrected chi connectivity index (χ2v) is 4.83. The van der Waals surface area contributed by atoms with Gasteiger partial charge in [-0.1, -0.05) is 6.07 Å². The zero-order chi connectivity index (χ0) is 14.8. The number of hydrogen-bond acceptors (Lipinski definition) is 5. The molecule has 106 valence electrons. The van der Waals surface area contributed by atoms with Gasteiger partial charge >= 0.3 is 0 Å². The molecule has 0 aliphatic rings. The normalized spacial score (nSPS) is 10.6. The third-order valence-electron chi connectivity index (χ3n) is 3.25. The van der Waals surface area contributed by atoms with Gasteiger partial charge in [0.2, 0.25) is 0 Å². The van der Waals surface area contributed by atoms with Crippen molar-refractivity contribution in [3.8, 4) is 11.5 Å². The lowest BCUT2D eigenvalue weighted by molar-refractivity contribution is 0.740. The summed E-state index contributed by atoms with van der Waals surface area (Å²) in [4.78, 5) is 13.3. The minimum Gasteiger partial charge on any atom is -0.337 e. The zero-order valence-corrected chi connectivity index (χ0v) is 12.2. The van der Waals surface area contributed by atoms with Gasteiger partial charge < -0.3 is 5.32 Å². The van der Waals surface area contributed by atoms with Crippen LogP contribution in [0, 0.1) is 13.8 Å². The lowest BCUT2D eigenvalue weighted by Crippen LogP contribution is -2.01. The molecule has 0 aliphatic carbocycles. The van der Waals surface area contributed by atoms with Gasteiger partial charge in [-0.3, -0.25) is 9.67 Å². The Bertz CT molecular complexity index is 763. The first-order valence-corrected chi connectivity index (χ1v) is 6.66. The summed E-state index contributed by atoms with van der Waals surface area (Å²) in [6.45, 7) is 3.94. The molecule has 0 unspecified atom stereocenters. The van der Waals surface area contributed by atoms with E-state index in [9.17, 15) is 0 Å². The molecule has 0 aromatic carbocycles. The topological polar surface area (TPSA) is 68.5 Å². The Morgan fingerprint density at radius 1 is 1.14 bits per heavy atom. The van der Waals surface area contributed by atoms with Gasteiger partial charge in [0.05, 0.1) is 17.6 Å². The smallest absolute Gasteiger partial charge is 0.180 e. The molecule has 0 radical (unpaired) electrons. The van der Waals surface area contributed by atoms with E-state index in [-0.39, 0.29) is 0 Å². The fourth-order valence-corrected chi connectivity index (χ4v) is 2.00. The maximum atomic E-state index is 4.53. The van der Waals surface area contributed by atoms with Crippen molar-refractivity contribution in [2.75, 3.05) is 5.32 Å². The van der Waals surface area contributed by atoms with Crippen molar-refractivity contribution in [3.63, 3.8) is 0 Å². The number of nitrogens with zero attached hydrogens (tertiary/aromatic N) is 5. The minimum absolute atomic E-state index is 0.611. The van der Waals surface area contributed by atoms with Crippen LogP contribution in [0.2, 0.25) is 0 Å². The van der Waals surface area contributed by atoms with Crippen molar-refractivity contribution in [2.45, 2.75) is 13.8 Å². The summed E-state index contributed by atoms with van der Waals surface area (Å²) >= 11 is 0. The lowest BCUT2D eigenvalue weighted by Gasteiger charge is -2.08. The number of aryl methyl sites for hydroxylation is 2. The molecular weight excluding hydrogens is 264 g/mol. The van der Waals surface area contributed by atoms with Gasteiger partial charge in [0.25, 0.3) is 0 Å². The molecule has 0 atom stereocenters. The molecule has 3 heterocycles. The Hall–Kier alpha value is -2.76. The highest BCUT2D eigenvalue weighted by Gasteiger charge is 2.08. The van der Waals surface area contributed by atoms with Crippen LogP contribution in [0.5, 0.6) is 0 Å². The van der Waals surface area contributed by atoms with E-state index in [0.29, 0.717) is 5.82 Å². The van der Waals surface area contributed by atoms with Crippen molar-refractivity contribution in [3.05, 3.63) is 48.0 Å². The SMILES string of the molecule is Cc1cc(Nc2cnn(C)c2C)nc(-c2ccccn2)n1. The second-order valence-electron chi connectivity index (χ2n) is 4.83. The van der Waals surface area contributed by atoms with Gasteiger partial charge in [0.1, 0.15) is 11.5 Å². The average Bonchev–Trinajstić information content (AvgIpc) is 2.80. The van der Waals surface area contributed by atoms with Crippen molar-refractivity contribution < 1.29 is 0 Å². The van der Waals surface area contributed by atoms with Gasteiger partial charge in [0.15, 0.2) is 5.82 Å². The summed E-state index contributed by atoms with van der Waals surface area (Å²) in [5.41, 5.74) is 3.62. The highest BCUT2D eigenvalue weighted by atomic mass is 15.3. The van der Waals surface area contributed by atoms with E-state index < -0.39 is 0 Å². The van der Waals surface area contributed by atoms with Crippen molar-refractivity contribution >= 4 is 11.5 Å². The van der Waals surface area contributed by atoms with Gasteiger partial charge in [-0.15, -0.1) is 0 Å². The van der Waals surface area contributed by atoms with Crippen LogP contribution in [-0.2, 0) is 7.05 Å². The van der Waals surface area contributed by atoms with E-state index in [0.717, 1.165) is 28.6 Å². The van der Waals surface area contributed by atoms with Crippen LogP contribution in [0.25, 0.3) is 11.5 Å². The zero-order valence-electron chi connectivity index (χ0n) is 12.2. The molecule has 21 heavy (non-hydrogen) atoms. The summed E-state index contributed by atoms with van der Waals surface area (Å²) in [5.74, 6) is 1.35. The van der Waals surface area contributed by atoms with Crippen molar-refractivity contribution in [1.29, 1.82) is 0 Å². The maximum absolute atomic E-state index is 4.53. The van der Waals surface area contributed by atoms with Crippen LogP contribution in [-0.4, -0.2) is 24.7 Å². The molecule has 0 amide bonds. The van der Waals surface area contributed by atoms with E-state index in [1.54, 1.807) is 12.4 Å². The number of pyridine rings is 1. The number of hydrogen-bond donors (Lipinski definition) is 1. The Morgan fingerprint density at radius 2 is 2.00 bits per heavy atom. The third-order valence-corrected chi connectivity index (χ3v) is 3.25. The van der Waals surface area contributed by atoms with Gasteiger partial charge in [-0.25, -0.2) is 9.97 Å². The number of rotatable bonds is 3. The van der Waals surface area contributed by atoms with Gasteiger partial charge in [-0.05, 0) is 26.0 Å². The van der Waals surface area contributed by atoms with E-state index in [1.807, 2.05) is 49.8 Å². The molecule has 3 aromatic rings. The van der Waals surface area contributed by atoms with E-state index in [1.165, 1.54) is 0 Å². The lowest BCUT2D eigenvalue weighted by atomic mass is 10.3. The number of aromatic nitrogens is 5. The maximum Gasteiger partial charge on any atom is 0.180 e. The van der Waals surface area contributed by atoms with Crippen LogP contribution in [0.3, 0.4) is 0 Å². The molecule has 0 saturated carbocycles. The van der Waals surface area contributed by atoms with Crippen LogP contribution in [0.1, 0.15) is 11.4 Å². The first kappa shape index (κ1) is 13.2. The molecule has 0 bridgehead atoms. The van der Waals surface area contributed by atoms with Crippen molar-refractivity contribution in [2.24, 2.45) is 7.05 Å². The quantitative estimate of drug-likeness (QED) is 0.798. The van der Waals surface area contributed by atoms with E-state index >= 15 is 0 Å². The summed E-state index contributed by atoms with van der Waals surface area (Å²) < 4.78 is 1.82. The standard InChI is InChI=1S/C15H16N6/c1-10-8-14(19-13-9-17-21(3)11(13)2)20-15(18-10)12-6-4-5-7-16-12/h4-9H,1-3H3,(H,18,19,20). The fraction of sp³-hybridized carbons (Fsp3) is 0.200. The molecule has 3 aromatic heterocycles. The van der Waals surface area contributed by atoms with Crippen molar-refractivity contribution in [1.82, 2.24) is 24.7 Å². The monoisotopic (exact) mass is 280 g/mol. The number of nitrogens with one attached hydrogen (secondary N) is 1. The fourth-order valence-electron chi connectivity index (χ4n) is 2.00. The van der Waals surface area contributed by atoms with Crippen LogP contribution in [0.15, 0.2) is 36.7 Å².